The maximum absolute atomic E-state index is 12.8. The molecule has 1 heterocycles. The Morgan fingerprint density at radius 2 is 2.10 bits per heavy atom. The molecule has 1 aliphatic rings. The van der Waals surface area contributed by atoms with Crippen LogP contribution in [-0.2, 0) is 0 Å². The van der Waals surface area contributed by atoms with Crippen molar-refractivity contribution in [1.29, 1.82) is 0 Å². The van der Waals surface area contributed by atoms with E-state index in [1.807, 2.05) is 12.2 Å². The molecule has 110 valence electrons. The molecule has 0 atom stereocenters. The van der Waals surface area contributed by atoms with Gasteiger partial charge in [-0.1, -0.05) is 6.92 Å². The summed E-state index contributed by atoms with van der Waals surface area (Å²) in [4.78, 5) is 19.6. The van der Waals surface area contributed by atoms with Gasteiger partial charge in [0.15, 0.2) is 0 Å². The highest BCUT2D eigenvalue weighted by Crippen LogP contribution is 2.48. The molecule has 1 aromatic rings. The van der Waals surface area contributed by atoms with Gasteiger partial charge < -0.3 is 10.6 Å². The summed E-state index contributed by atoms with van der Waals surface area (Å²) in [6, 6.07) is 0. The number of anilines is 1. The van der Waals surface area contributed by atoms with E-state index < -0.39 is 17.6 Å². The van der Waals surface area contributed by atoms with Crippen LogP contribution in [0, 0.1) is 0 Å². The van der Waals surface area contributed by atoms with E-state index in [2.05, 4.69) is 15.3 Å². The lowest BCUT2D eigenvalue weighted by Gasteiger charge is -2.20. The number of nitrogens with one attached hydrogen (secondary N) is 2. The van der Waals surface area contributed by atoms with Gasteiger partial charge in [-0.15, -0.1) is 0 Å². The van der Waals surface area contributed by atoms with Crippen molar-refractivity contribution in [3.05, 3.63) is 18.1 Å². The van der Waals surface area contributed by atoms with E-state index in [4.69, 9.17) is 0 Å². The molecule has 20 heavy (non-hydrogen) atoms. The lowest BCUT2D eigenvalue weighted by Crippen LogP contribution is -2.48. The maximum Gasteiger partial charge on any atom is 0.411 e. The molecule has 2 rings (SSSR count). The third kappa shape index (κ3) is 3.00. The van der Waals surface area contributed by atoms with Gasteiger partial charge in [-0.3, -0.25) is 9.78 Å². The van der Waals surface area contributed by atoms with E-state index in [-0.39, 0.29) is 18.5 Å². The summed E-state index contributed by atoms with van der Waals surface area (Å²) in [7, 11) is 0. The molecule has 0 saturated heterocycles. The van der Waals surface area contributed by atoms with E-state index in [1.54, 1.807) is 0 Å². The van der Waals surface area contributed by atoms with Crippen LogP contribution in [0.15, 0.2) is 12.4 Å². The first-order chi connectivity index (χ1) is 9.38. The van der Waals surface area contributed by atoms with Crippen molar-refractivity contribution < 1.29 is 18.0 Å². The topological polar surface area (TPSA) is 66.9 Å². The average Bonchev–Trinajstić information content (AvgIpc) is 3.17. The van der Waals surface area contributed by atoms with Crippen LogP contribution in [0.1, 0.15) is 36.7 Å². The van der Waals surface area contributed by atoms with Crippen molar-refractivity contribution in [2.45, 2.75) is 37.9 Å². The number of rotatable bonds is 5. The third-order valence-corrected chi connectivity index (χ3v) is 3.07. The van der Waals surface area contributed by atoms with Crippen LogP contribution in [0.5, 0.6) is 0 Å². The molecule has 5 nitrogen and oxygen atoms in total. The van der Waals surface area contributed by atoms with Crippen LogP contribution in [0.4, 0.5) is 19.0 Å². The smallest absolute Gasteiger partial charge is 0.369 e. The second kappa shape index (κ2) is 5.26. The standard InChI is InChI=1S/C12H15F3N4O/c1-2-5-17-9-7-16-6-8(18-9)10(20)19-11(3-4-11)12(13,14)15/h6-7H,2-5H2,1H3,(H,17,18)(H,19,20). The highest BCUT2D eigenvalue weighted by atomic mass is 19.4. The highest BCUT2D eigenvalue weighted by molar-refractivity contribution is 5.93. The summed E-state index contributed by atoms with van der Waals surface area (Å²) >= 11 is 0. The zero-order valence-electron chi connectivity index (χ0n) is 10.9. The molecule has 0 aliphatic heterocycles. The Bertz CT molecular complexity index is 500. The summed E-state index contributed by atoms with van der Waals surface area (Å²) in [6.45, 7) is 2.60. The van der Waals surface area contributed by atoms with Crippen molar-refractivity contribution in [2.24, 2.45) is 0 Å². The van der Waals surface area contributed by atoms with E-state index in [1.165, 1.54) is 6.20 Å². The summed E-state index contributed by atoms with van der Waals surface area (Å²) in [5, 5.41) is 4.94. The largest absolute Gasteiger partial charge is 0.411 e. The third-order valence-electron chi connectivity index (χ3n) is 3.07. The Hall–Kier alpha value is -1.86. The van der Waals surface area contributed by atoms with Crippen molar-refractivity contribution in [2.75, 3.05) is 11.9 Å². The van der Waals surface area contributed by atoms with Gasteiger partial charge in [0.2, 0.25) is 0 Å². The molecule has 0 aromatic carbocycles. The number of hydrogen-bond acceptors (Lipinski definition) is 4. The molecule has 1 fully saturated rings. The fourth-order valence-electron chi connectivity index (χ4n) is 1.70. The van der Waals surface area contributed by atoms with Gasteiger partial charge in [-0.05, 0) is 19.3 Å². The van der Waals surface area contributed by atoms with E-state index in [0.717, 1.165) is 12.6 Å². The quantitative estimate of drug-likeness (QED) is 0.871. The lowest BCUT2D eigenvalue weighted by molar-refractivity contribution is -0.163. The molecule has 1 amide bonds. The minimum atomic E-state index is -4.44. The Labute approximate surface area is 114 Å². The fourth-order valence-corrected chi connectivity index (χ4v) is 1.70. The normalized spacial score (nSPS) is 16.6. The molecule has 0 radical (unpaired) electrons. The predicted octanol–water partition coefficient (Wildman–Crippen LogP) is 2.12. The van der Waals surface area contributed by atoms with Gasteiger partial charge in [0.05, 0.1) is 12.4 Å². The Kier molecular flexibility index (Phi) is 3.82. The van der Waals surface area contributed by atoms with E-state index in [9.17, 15) is 18.0 Å². The minimum absolute atomic E-state index is 0.0938. The average molecular weight is 288 g/mol. The predicted molar refractivity (Wildman–Crippen MR) is 66.3 cm³/mol. The minimum Gasteiger partial charge on any atom is -0.369 e. The first-order valence-electron chi connectivity index (χ1n) is 6.33. The number of nitrogens with zero attached hydrogens (tertiary/aromatic N) is 2. The SMILES string of the molecule is CCCNc1cncc(C(=O)NC2(C(F)(F)F)CC2)n1. The van der Waals surface area contributed by atoms with Crippen molar-refractivity contribution in [1.82, 2.24) is 15.3 Å². The number of hydrogen-bond donors (Lipinski definition) is 2. The fraction of sp³-hybridized carbons (Fsp3) is 0.583. The van der Waals surface area contributed by atoms with E-state index in [0.29, 0.717) is 12.4 Å². The van der Waals surface area contributed by atoms with Crippen molar-refractivity contribution in [3.8, 4) is 0 Å². The maximum atomic E-state index is 12.8. The first-order valence-corrected chi connectivity index (χ1v) is 6.33. The van der Waals surface area contributed by atoms with Crippen molar-refractivity contribution in [3.63, 3.8) is 0 Å². The molecule has 2 N–H and O–H groups in total. The number of carbonyl (C=O) groups excluding carboxylic acids is 1. The van der Waals surface area contributed by atoms with Crippen LogP contribution >= 0.6 is 0 Å². The molecule has 1 saturated carbocycles. The van der Waals surface area contributed by atoms with Crippen LogP contribution in [-0.4, -0.2) is 34.1 Å². The van der Waals surface area contributed by atoms with E-state index >= 15 is 0 Å². The molecule has 0 spiro atoms. The van der Waals surface area contributed by atoms with Gasteiger partial charge >= 0.3 is 6.18 Å². The van der Waals surface area contributed by atoms with Crippen LogP contribution in [0.3, 0.4) is 0 Å². The monoisotopic (exact) mass is 288 g/mol. The zero-order chi connectivity index (χ0) is 14.8. The number of carbonyl (C=O) groups is 1. The Morgan fingerprint density at radius 3 is 2.65 bits per heavy atom. The summed E-state index contributed by atoms with van der Waals surface area (Å²) in [5.41, 5.74) is -2.21. The molecular formula is C12H15F3N4O. The molecule has 8 heteroatoms. The molecule has 0 unspecified atom stereocenters. The lowest BCUT2D eigenvalue weighted by atomic mass is 10.2. The van der Waals surface area contributed by atoms with Crippen molar-refractivity contribution >= 4 is 11.7 Å². The van der Waals surface area contributed by atoms with Gasteiger partial charge in [0.25, 0.3) is 5.91 Å². The number of aromatic nitrogens is 2. The summed E-state index contributed by atoms with van der Waals surface area (Å²) < 4.78 is 38.3. The number of amides is 1. The van der Waals surface area contributed by atoms with Gasteiger partial charge in [-0.25, -0.2) is 4.98 Å². The Balaban J connectivity index is 2.06. The molecule has 1 aliphatic carbocycles. The Morgan fingerprint density at radius 1 is 1.40 bits per heavy atom. The number of halogens is 3. The number of alkyl halides is 3. The second-order valence-electron chi connectivity index (χ2n) is 4.75. The zero-order valence-corrected chi connectivity index (χ0v) is 10.9. The first kappa shape index (κ1) is 14.5. The summed E-state index contributed by atoms with van der Waals surface area (Å²) in [6.07, 6.45) is -1.20. The molecule has 1 aromatic heterocycles. The van der Waals surface area contributed by atoms with Gasteiger partial charge in [0.1, 0.15) is 17.1 Å². The second-order valence-corrected chi connectivity index (χ2v) is 4.75. The van der Waals surface area contributed by atoms with Crippen LogP contribution in [0.25, 0.3) is 0 Å². The highest BCUT2D eigenvalue weighted by Gasteiger charge is 2.64. The molecule has 0 bridgehead atoms. The van der Waals surface area contributed by atoms with Crippen LogP contribution in [0.2, 0.25) is 0 Å². The van der Waals surface area contributed by atoms with Gasteiger partial charge in [-0.2, -0.15) is 13.2 Å². The summed E-state index contributed by atoms with van der Waals surface area (Å²) in [5.74, 6) is -0.483. The van der Waals surface area contributed by atoms with Crippen LogP contribution < -0.4 is 10.6 Å². The molecular weight excluding hydrogens is 273 g/mol. The van der Waals surface area contributed by atoms with Gasteiger partial charge in [0, 0.05) is 6.54 Å².